The molecule has 1 saturated carbocycles. The summed E-state index contributed by atoms with van der Waals surface area (Å²) >= 11 is 0. The highest BCUT2D eigenvalue weighted by atomic mass is 31.0. The van der Waals surface area contributed by atoms with Crippen molar-refractivity contribution in [2.24, 2.45) is 0 Å². The van der Waals surface area contributed by atoms with Gasteiger partial charge in [0, 0.05) is 6.20 Å². The van der Waals surface area contributed by atoms with Crippen molar-refractivity contribution in [3.8, 4) is 0 Å². The maximum atomic E-state index is 4.20. The first-order valence-corrected chi connectivity index (χ1v) is 4.16. The number of rotatable bonds is 1. The van der Waals surface area contributed by atoms with Crippen LogP contribution in [0.15, 0.2) is 18.3 Å². The predicted molar refractivity (Wildman–Crippen MR) is 45.6 cm³/mol. The maximum Gasteiger partial charge on any atom is 0.0603 e. The molecule has 0 radical (unpaired) electrons. The number of pyridine rings is 1. The lowest BCUT2D eigenvalue weighted by Crippen LogP contribution is -2.03. The van der Waals surface area contributed by atoms with Crippen LogP contribution in [0.3, 0.4) is 0 Å². The third-order valence-corrected chi connectivity index (χ3v) is 2.37. The Morgan fingerprint density at radius 2 is 2.30 bits per heavy atom. The topological polar surface area (TPSA) is 12.9 Å². The van der Waals surface area contributed by atoms with E-state index in [0.717, 1.165) is 11.4 Å². The Kier molecular flexibility index (Phi) is 1.46. The molecule has 1 nitrogen and oxygen atoms in total. The molecule has 0 bridgehead atoms. The van der Waals surface area contributed by atoms with Gasteiger partial charge < -0.3 is 0 Å². The van der Waals surface area contributed by atoms with Gasteiger partial charge in [0.1, 0.15) is 0 Å². The lowest BCUT2D eigenvalue weighted by atomic mass is 10.2. The molecule has 0 saturated heterocycles. The van der Waals surface area contributed by atoms with Crippen molar-refractivity contribution in [2.45, 2.75) is 18.8 Å². The molecule has 0 amide bonds. The Morgan fingerprint density at radius 3 is 2.90 bits per heavy atom. The molecule has 1 aromatic heterocycles. The van der Waals surface area contributed by atoms with Crippen LogP contribution < -0.4 is 5.44 Å². The van der Waals surface area contributed by atoms with E-state index in [4.69, 9.17) is 0 Å². The second-order valence-electron chi connectivity index (χ2n) is 2.75. The molecule has 1 aliphatic rings. The van der Waals surface area contributed by atoms with Crippen LogP contribution in [0.2, 0.25) is 0 Å². The molecule has 10 heavy (non-hydrogen) atoms. The SMILES string of the molecule is Pc1ncccc1C1CC1. The molecule has 2 heteroatoms. The van der Waals surface area contributed by atoms with Crippen LogP contribution >= 0.6 is 9.24 Å². The summed E-state index contributed by atoms with van der Waals surface area (Å²) in [6, 6.07) is 4.19. The van der Waals surface area contributed by atoms with Crippen LogP contribution in [0.25, 0.3) is 0 Å². The molecule has 52 valence electrons. The van der Waals surface area contributed by atoms with Crippen molar-refractivity contribution in [2.75, 3.05) is 0 Å². The lowest BCUT2D eigenvalue weighted by molar-refractivity contribution is 1.12. The first-order valence-electron chi connectivity index (χ1n) is 3.58. The largest absolute Gasteiger partial charge is 0.257 e. The highest BCUT2D eigenvalue weighted by Crippen LogP contribution is 2.39. The minimum atomic E-state index is 0.821. The first-order chi connectivity index (χ1) is 4.88. The summed E-state index contributed by atoms with van der Waals surface area (Å²) in [7, 11) is 2.68. The smallest absolute Gasteiger partial charge is 0.0603 e. The van der Waals surface area contributed by atoms with E-state index in [0.29, 0.717) is 0 Å². The van der Waals surface area contributed by atoms with Gasteiger partial charge in [-0.25, -0.2) is 0 Å². The summed E-state index contributed by atoms with van der Waals surface area (Å²) in [6.07, 6.45) is 4.55. The number of nitrogens with zero attached hydrogens (tertiary/aromatic N) is 1. The van der Waals surface area contributed by atoms with Crippen LogP contribution in [0.4, 0.5) is 0 Å². The Morgan fingerprint density at radius 1 is 1.50 bits per heavy atom. The highest BCUT2D eigenvalue weighted by molar-refractivity contribution is 7.27. The average Bonchev–Trinajstić information content (AvgIpc) is 2.71. The summed E-state index contributed by atoms with van der Waals surface area (Å²) in [5.74, 6) is 0.821. The van der Waals surface area contributed by atoms with E-state index in [2.05, 4.69) is 20.3 Å². The van der Waals surface area contributed by atoms with E-state index in [1.54, 1.807) is 0 Å². The number of hydrogen-bond acceptors (Lipinski definition) is 1. The van der Waals surface area contributed by atoms with Gasteiger partial charge in [-0.1, -0.05) is 15.3 Å². The standard InChI is InChI=1S/C8H10NP/c10-8-7(6-3-4-6)2-1-5-9-8/h1-2,5-6H,3-4,10H2. The Hall–Kier alpha value is -0.420. The van der Waals surface area contributed by atoms with E-state index < -0.39 is 0 Å². The van der Waals surface area contributed by atoms with Gasteiger partial charge >= 0.3 is 0 Å². The fourth-order valence-corrected chi connectivity index (χ4v) is 1.59. The zero-order valence-electron chi connectivity index (χ0n) is 5.75. The van der Waals surface area contributed by atoms with E-state index in [1.807, 2.05) is 12.3 Å². The number of hydrogen-bond donors (Lipinski definition) is 0. The van der Waals surface area contributed by atoms with Crippen molar-refractivity contribution in [3.05, 3.63) is 23.9 Å². The molecule has 1 atom stereocenters. The minimum Gasteiger partial charge on any atom is -0.257 e. The van der Waals surface area contributed by atoms with Gasteiger partial charge in [0.15, 0.2) is 0 Å². The van der Waals surface area contributed by atoms with Gasteiger partial charge in [-0.15, -0.1) is 0 Å². The third kappa shape index (κ3) is 1.06. The highest BCUT2D eigenvalue weighted by Gasteiger charge is 2.24. The van der Waals surface area contributed by atoms with Crippen LogP contribution in [-0.2, 0) is 0 Å². The molecule has 1 aliphatic carbocycles. The van der Waals surface area contributed by atoms with Crippen molar-refractivity contribution < 1.29 is 0 Å². The summed E-state index contributed by atoms with van der Waals surface area (Å²) in [5, 5.41) is 0. The van der Waals surface area contributed by atoms with Crippen molar-refractivity contribution in [1.82, 2.24) is 4.98 Å². The Labute approximate surface area is 63.1 Å². The van der Waals surface area contributed by atoms with Gasteiger partial charge in [0.05, 0.1) is 5.44 Å². The zero-order chi connectivity index (χ0) is 6.97. The summed E-state index contributed by atoms with van der Waals surface area (Å²) < 4.78 is 0. The van der Waals surface area contributed by atoms with Crippen molar-refractivity contribution in [1.29, 1.82) is 0 Å². The van der Waals surface area contributed by atoms with Crippen LogP contribution in [0.5, 0.6) is 0 Å². The van der Waals surface area contributed by atoms with Crippen LogP contribution in [-0.4, -0.2) is 4.98 Å². The van der Waals surface area contributed by atoms with Gasteiger partial charge in [0.25, 0.3) is 0 Å². The average molecular weight is 151 g/mol. The Balaban J connectivity index is 2.39. The molecular formula is C8H10NP. The summed E-state index contributed by atoms with van der Waals surface area (Å²) in [4.78, 5) is 4.20. The molecule has 0 aliphatic heterocycles. The fraction of sp³-hybridized carbons (Fsp3) is 0.375. The molecular weight excluding hydrogens is 141 g/mol. The second kappa shape index (κ2) is 2.32. The van der Waals surface area contributed by atoms with E-state index >= 15 is 0 Å². The summed E-state index contributed by atoms with van der Waals surface area (Å²) in [5.41, 5.74) is 2.55. The normalized spacial score (nSPS) is 17.3. The molecule has 1 fully saturated rings. The molecule has 1 heterocycles. The molecule has 2 rings (SSSR count). The molecule has 1 unspecified atom stereocenters. The first kappa shape index (κ1) is 6.30. The predicted octanol–water partition coefficient (Wildman–Crippen LogP) is 1.46. The van der Waals surface area contributed by atoms with Gasteiger partial charge in [-0.3, -0.25) is 4.98 Å². The monoisotopic (exact) mass is 151 g/mol. The summed E-state index contributed by atoms with van der Waals surface area (Å²) in [6.45, 7) is 0. The zero-order valence-corrected chi connectivity index (χ0v) is 6.90. The third-order valence-electron chi connectivity index (χ3n) is 1.89. The molecule has 1 aromatic rings. The van der Waals surface area contributed by atoms with Crippen LogP contribution in [0.1, 0.15) is 24.3 Å². The van der Waals surface area contributed by atoms with Gasteiger partial charge in [0.2, 0.25) is 0 Å². The fourth-order valence-electron chi connectivity index (χ4n) is 1.17. The number of aromatic nitrogens is 1. The second-order valence-corrected chi connectivity index (χ2v) is 3.30. The maximum absolute atomic E-state index is 4.20. The van der Waals surface area contributed by atoms with E-state index in [9.17, 15) is 0 Å². The minimum absolute atomic E-state index is 0.821. The van der Waals surface area contributed by atoms with Crippen molar-refractivity contribution >= 4 is 14.7 Å². The van der Waals surface area contributed by atoms with Crippen molar-refractivity contribution in [3.63, 3.8) is 0 Å². The Bertz CT molecular complexity index is 243. The quantitative estimate of drug-likeness (QED) is 0.554. The van der Waals surface area contributed by atoms with E-state index in [1.165, 1.54) is 18.4 Å². The molecule has 0 spiro atoms. The molecule has 0 N–H and O–H groups in total. The van der Waals surface area contributed by atoms with Gasteiger partial charge in [-0.05, 0) is 30.4 Å². The van der Waals surface area contributed by atoms with Gasteiger partial charge in [-0.2, -0.15) is 0 Å². The molecule has 0 aromatic carbocycles. The lowest BCUT2D eigenvalue weighted by Gasteiger charge is -1.99. The van der Waals surface area contributed by atoms with Crippen LogP contribution in [0, 0.1) is 0 Å². The van der Waals surface area contributed by atoms with E-state index in [-0.39, 0.29) is 0 Å².